The topological polar surface area (TPSA) is 82.5 Å². The summed E-state index contributed by atoms with van der Waals surface area (Å²) in [5, 5.41) is 9.06. The third-order valence-corrected chi connectivity index (χ3v) is 6.66. The molecule has 32 heavy (non-hydrogen) atoms. The molecule has 0 aliphatic rings. The number of nitrogens with zero attached hydrogens (tertiary/aromatic N) is 2. The van der Waals surface area contributed by atoms with Crippen LogP contribution < -0.4 is 20.3 Å². The first-order chi connectivity index (χ1) is 15.5. The number of methoxy groups -OCH3 is 2. The van der Waals surface area contributed by atoms with Crippen LogP contribution in [-0.2, 0) is 17.9 Å². The Morgan fingerprint density at radius 2 is 1.94 bits per heavy atom. The number of hydrogen-bond acceptors (Lipinski definition) is 6. The van der Waals surface area contributed by atoms with E-state index in [-0.39, 0.29) is 11.5 Å². The molecule has 7 nitrogen and oxygen atoms in total. The molecular formula is C24H25N3O4S. The molecule has 2 aromatic carbocycles. The summed E-state index contributed by atoms with van der Waals surface area (Å²) in [7, 11) is 3.15. The van der Waals surface area contributed by atoms with Gasteiger partial charge in [0.25, 0.3) is 5.56 Å². The second-order valence-corrected chi connectivity index (χ2v) is 8.50. The molecule has 2 aromatic heterocycles. The van der Waals surface area contributed by atoms with Crippen LogP contribution in [0.1, 0.15) is 24.1 Å². The molecule has 0 saturated carbocycles. The van der Waals surface area contributed by atoms with Crippen molar-refractivity contribution in [1.82, 2.24) is 15.1 Å². The number of carbonyl (C=O) groups is 1. The largest absolute Gasteiger partial charge is 0.493 e. The summed E-state index contributed by atoms with van der Waals surface area (Å²) < 4.78 is 14.2. The first-order valence-corrected chi connectivity index (χ1v) is 11.2. The third kappa shape index (κ3) is 4.18. The molecule has 4 rings (SSSR count). The highest BCUT2D eigenvalue weighted by Gasteiger charge is 2.15. The number of benzene rings is 2. The van der Waals surface area contributed by atoms with Crippen molar-refractivity contribution in [3.63, 3.8) is 0 Å². The van der Waals surface area contributed by atoms with Crippen LogP contribution in [0.5, 0.6) is 11.5 Å². The van der Waals surface area contributed by atoms with Gasteiger partial charge in [0.15, 0.2) is 11.5 Å². The number of rotatable bonds is 8. The summed E-state index contributed by atoms with van der Waals surface area (Å²) in [6.45, 7) is 2.64. The third-order valence-electron chi connectivity index (χ3n) is 5.38. The van der Waals surface area contributed by atoms with Gasteiger partial charge in [-0.25, -0.2) is 4.68 Å². The zero-order chi connectivity index (χ0) is 22.7. The van der Waals surface area contributed by atoms with E-state index in [2.05, 4.69) is 10.4 Å². The maximum Gasteiger partial charge on any atom is 0.276 e. The molecule has 166 valence electrons. The Hall–Kier alpha value is -3.39. The summed E-state index contributed by atoms with van der Waals surface area (Å²) in [5.74, 6) is 1.14. The minimum atomic E-state index is -0.107. The van der Waals surface area contributed by atoms with E-state index in [1.165, 1.54) is 4.68 Å². The van der Waals surface area contributed by atoms with Gasteiger partial charge in [0, 0.05) is 35.2 Å². The lowest BCUT2D eigenvalue weighted by molar-refractivity contribution is -0.121. The second kappa shape index (κ2) is 9.40. The molecule has 0 radical (unpaired) electrons. The molecule has 0 spiro atoms. The van der Waals surface area contributed by atoms with Crippen LogP contribution in [0, 0.1) is 6.92 Å². The molecule has 4 aromatic rings. The fourth-order valence-corrected chi connectivity index (χ4v) is 4.96. The summed E-state index contributed by atoms with van der Waals surface area (Å²) in [4.78, 5) is 25.4. The highest BCUT2D eigenvalue weighted by Crippen LogP contribution is 2.33. The van der Waals surface area contributed by atoms with E-state index < -0.39 is 0 Å². The van der Waals surface area contributed by atoms with Gasteiger partial charge >= 0.3 is 0 Å². The molecular weight excluding hydrogens is 426 g/mol. The van der Waals surface area contributed by atoms with E-state index in [1.54, 1.807) is 25.6 Å². The van der Waals surface area contributed by atoms with Gasteiger partial charge in [-0.1, -0.05) is 30.3 Å². The van der Waals surface area contributed by atoms with Gasteiger partial charge in [0.05, 0.1) is 30.0 Å². The Bertz CT molecular complexity index is 1340. The number of aryl methyl sites for hydroxylation is 2. The summed E-state index contributed by atoms with van der Waals surface area (Å²) in [6, 6.07) is 13.4. The van der Waals surface area contributed by atoms with E-state index >= 15 is 0 Å². The Morgan fingerprint density at radius 1 is 1.12 bits per heavy atom. The van der Waals surface area contributed by atoms with Crippen molar-refractivity contribution in [3.8, 4) is 11.5 Å². The number of fused-ring (bicyclic) bond motifs is 3. The molecule has 0 unspecified atom stereocenters. The molecule has 0 bridgehead atoms. The van der Waals surface area contributed by atoms with Gasteiger partial charge in [-0.15, -0.1) is 11.3 Å². The smallest absolute Gasteiger partial charge is 0.276 e. The van der Waals surface area contributed by atoms with Crippen LogP contribution in [0.3, 0.4) is 0 Å². The molecule has 8 heteroatoms. The van der Waals surface area contributed by atoms with Crippen LogP contribution >= 0.6 is 11.3 Å². The van der Waals surface area contributed by atoms with Gasteiger partial charge < -0.3 is 14.8 Å². The van der Waals surface area contributed by atoms with Crippen molar-refractivity contribution < 1.29 is 14.3 Å². The number of carbonyl (C=O) groups excluding carboxylic acids is 1. The monoisotopic (exact) mass is 451 g/mol. The standard InChI is InChI=1S/C24H25N3O4S/c1-15-23-21(17-9-4-5-11-19(17)32-23)24(29)27(26-15)13-7-12-20(28)25-14-16-8-6-10-18(30-2)22(16)31-3/h4-6,8-11H,7,12-14H2,1-3H3,(H,25,28). The molecule has 1 N–H and O–H groups in total. The number of thiophene rings is 1. The lowest BCUT2D eigenvalue weighted by Gasteiger charge is -2.13. The molecule has 0 aliphatic carbocycles. The minimum absolute atomic E-state index is 0.0956. The zero-order valence-corrected chi connectivity index (χ0v) is 19.1. The molecule has 0 aliphatic heterocycles. The maximum absolute atomic E-state index is 13.1. The highest BCUT2D eigenvalue weighted by atomic mass is 32.1. The van der Waals surface area contributed by atoms with E-state index in [4.69, 9.17) is 9.47 Å². The first-order valence-electron chi connectivity index (χ1n) is 10.4. The highest BCUT2D eigenvalue weighted by molar-refractivity contribution is 7.26. The minimum Gasteiger partial charge on any atom is -0.493 e. The average molecular weight is 452 g/mol. The van der Waals surface area contributed by atoms with Crippen molar-refractivity contribution >= 4 is 37.4 Å². The molecule has 0 fully saturated rings. The van der Waals surface area contributed by atoms with Crippen LogP contribution in [-0.4, -0.2) is 29.9 Å². The predicted molar refractivity (Wildman–Crippen MR) is 127 cm³/mol. The number of ether oxygens (including phenoxy) is 2. The van der Waals surface area contributed by atoms with Gasteiger partial charge in [0.1, 0.15) is 0 Å². The van der Waals surface area contributed by atoms with Crippen LogP contribution in [0.2, 0.25) is 0 Å². The lowest BCUT2D eigenvalue weighted by Crippen LogP contribution is -2.26. The van der Waals surface area contributed by atoms with E-state index in [9.17, 15) is 9.59 Å². The number of para-hydroxylation sites is 1. The molecule has 0 saturated heterocycles. The Morgan fingerprint density at radius 3 is 2.72 bits per heavy atom. The Kier molecular flexibility index (Phi) is 6.41. The van der Waals surface area contributed by atoms with Gasteiger partial charge in [-0.2, -0.15) is 5.10 Å². The first kappa shape index (κ1) is 21.8. The van der Waals surface area contributed by atoms with Crippen molar-refractivity contribution in [1.29, 1.82) is 0 Å². The Balaban J connectivity index is 1.42. The summed E-state index contributed by atoms with van der Waals surface area (Å²) in [5.41, 5.74) is 1.56. The van der Waals surface area contributed by atoms with Crippen LogP contribution in [0.15, 0.2) is 47.3 Å². The normalized spacial score (nSPS) is 11.1. The number of aromatic nitrogens is 2. The second-order valence-electron chi connectivity index (χ2n) is 7.45. The van der Waals surface area contributed by atoms with E-state index in [0.29, 0.717) is 42.8 Å². The number of amides is 1. The van der Waals surface area contributed by atoms with E-state index in [0.717, 1.165) is 26.0 Å². The van der Waals surface area contributed by atoms with Crippen LogP contribution in [0.25, 0.3) is 20.2 Å². The molecule has 0 atom stereocenters. The van der Waals surface area contributed by atoms with Crippen molar-refractivity contribution in [2.45, 2.75) is 32.9 Å². The molecule has 2 heterocycles. The number of nitrogens with one attached hydrogen (secondary N) is 1. The van der Waals surface area contributed by atoms with Gasteiger partial charge in [0.2, 0.25) is 5.91 Å². The van der Waals surface area contributed by atoms with Gasteiger partial charge in [-0.3, -0.25) is 9.59 Å². The fraction of sp³-hybridized carbons (Fsp3) is 0.292. The van der Waals surface area contributed by atoms with Gasteiger partial charge in [-0.05, 0) is 25.5 Å². The fourth-order valence-electron chi connectivity index (χ4n) is 3.83. The SMILES string of the molecule is COc1cccc(CNC(=O)CCCn2nc(C)c3sc4ccccc4c3c2=O)c1OC. The van der Waals surface area contributed by atoms with Crippen molar-refractivity contribution in [3.05, 3.63) is 64.1 Å². The van der Waals surface area contributed by atoms with E-state index in [1.807, 2.05) is 49.4 Å². The van der Waals surface area contributed by atoms with Crippen LogP contribution in [0.4, 0.5) is 0 Å². The summed E-state index contributed by atoms with van der Waals surface area (Å²) in [6.07, 6.45) is 0.808. The predicted octanol–water partition coefficient (Wildman–Crippen LogP) is 4.03. The van der Waals surface area contributed by atoms with Crippen molar-refractivity contribution in [2.75, 3.05) is 14.2 Å². The quantitative estimate of drug-likeness (QED) is 0.437. The Labute approximate surface area is 189 Å². The zero-order valence-electron chi connectivity index (χ0n) is 18.3. The molecule has 1 amide bonds. The number of hydrogen-bond donors (Lipinski definition) is 1. The summed E-state index contributed by atoms with van der Waals surface area (Å²) >= 11 is 1.59. The lowest BCUT2D eigenvalue weighted by atomic mass is 10.1. The average Bonchev–Trinajstić information content (AvgIpc) is 3.21. The van der Waals surface area contributed by atoms with Crippen molar-refractivity contribution in [2.24, 2.45) is 0 Å². The maximum atomic E-state index is 13.1.